The van der Waals surface area contributed by atoms with Crippen molar-refractivity contribution in [1.29, 1.82) is 0 Å². The number of aliphatic carboxylic acids is 3. The number of hydrogen-bond acceptors (Lipinski definition) is 7. The van der Waals surface area contributed by atoms with E-state index >= 15 is 0 Å². The Morgan fingerprint density at radius 1 is 0.605 bits per heavy atom. The van der Waals surface area contributed by atoms with Crippen LogP contribution in [0, 0.1) is 5.41 Å². The average Bonchev–Trinajstić information content (AvgIpc) is 2.87. The third-order valence-corrected chi connectivity index (χ3v) is 6.51. The molecule has 7 N–H and O–H groups in total. The second-order valence-corrected chi connectivity index (χ2v) is 10.0. The Labute approximate surface area is 227 Å². The number of unbranched alkanes of at least 4 members (excludes halogenated alkanes) is 13. The fourth-order valence-corrected chi connectivity index (χ4v) is 4.40. The maximum Gasteiger partial charge on any atom is 0.328 e. The lowest BCUT2D eigenvalue weighted by Gasteiger charge is -2.32. The van der Waals surface area contributed by atoms with E-state index in [4.69, 9.17) is 20.4 Å². The van der Waals surface area contributed by atoms with E-state index in [9.17, 15) is 29.7 Å². The largest absolute Gasteiger partial charge is 0.481 e. The van der Waals surface area contributed by atoms with Crippen molar-refractivity contribution in [2.24, 2.45) is 5.41 Å². The van der Waals surface area contributed by atoms with E-state index in [0.29, 0.717) is 25.0 Å². The molecule has 0 aliphatic heterocycles. The average molecular weight is 549 g/mol. The summed E-state index contributed by atoms with van der Waals surface area (Å²) in [5.74, 6) is -3.60. The van der Waals surface area contributed by atoms with Gasteiger partial charge in [-0.05, 0) is 19.3 Å². The van der Waals surface area contributed by atoms with Crippen LogP contribution in [0.5, 0.6) is 0 Å². The third kappa shape index (κ3) is 23.1. The maximum absolute atomic E-state index is 11.9. The predicted molar refractivity (Wildman–Crippen MR) is 145 cm³/mol. The maximum atomic E-state index is 11.9. The zero-order valence-corrected chi connectivity index (χ0v) is 23.1. The van der Waals surface area contributed by atoms with Gasteiger partial charge in [0.15, 0.2) is 0 Å². The Bertz CT molecular complexity index is 607. The summed E-state index contributed by atoms with van der Waals surface area (Å²) in [7, 11) is 0. The Morgan fingerprint density at radius 2 is 0.921 bits per heavy atom. The Morgan fingerprint density at radius 3 is 1.18 bits per heavy atom. The van der Waals surface area contributed by atoms with Crippen molar-refractivity contribution in [1.82, 2.24) is 0 Å². The van der Waals surface area contributed by atoms with Crippen LogP contribution < -0.4 is 0 Å². The van der Waals surface area contributed by atoms with Gasteiger partial charge in [-0.25, -0.2) is 9.59 Å². The molecular formula is C28H52O10. The molecule has 38 heavy (non-hydrogen) atoms. The molecule has 0 radical (unpaired) electrons. The first kappa shape index (κ1) is 38.1. The van der Waals surface area contributed by atoms with Gasteiger partial charge >= 0.3 is 17.9 Å². The van der Waals surface area contributed by atoms with Gasteiger partial charge in [-0.1, -0.05) is 96.8 Å². The highest BCUT2D eigenvalue weighted by Crippen LogP contribution is 2.36. The lowest BCUT2D eigenvalue weighted by molar-refractivity contribution is -0.155. The van der Waals surface area contributed by atoms with Crippen molar-refractivity contribution in [3.05, 3.63) is 12.2 Å². The zero-order valence-electron chi connectivity index (χ0n) is 23.1. The van der Waals surface area contributed by atoms with Gasteiger partial charge in [0, 0.05) is 12.2 Å². The standard InChI is InChI=1S/C24H48O6.C4H4O4/c1-2-3-4-5-6-7-8-9-10-11-12-13-14-15-16-24(23(29)30,17-21(27)19-25)18-22(28)20-26;5-3(6)1-2-4(7)8/h21-22,25-28H,2-20H2,1H3,(H,29,30);1-2H,(H,5,6)(H,7,8)/b;2-1-. The van der Waals surface area contributed by atoms with Crippen molar-refractivity contribution in [3.63, 3.8) is 0 Å². The summed E-state index contributed by atoms with van der Waals surface area (Å²) in [6.45, 7) is 1.22. The molecule has 0 aliphatic carbocycles. The van der Waals surface area contributed by atoms with Crippen molar-refractivity contribution in [3.8, 4) is 0 Å². The van der Waals surface area contributed by atoms with Gasteiger partial charge in [0.2, 0.25) is 0 Å². The van der Waals surface area contributed by atoms with Gasteiger partial charge in [0.1, 0.15) is 0 Å². The molecule has 2 unspecified atom stereocenters. The fourth-order valence-electron chi connectivity index (χ4n) is 4.40. The molecule has 0 saturated heterocycles. The number of carboxylic acid groups (broad SMARTS) is 3. The minimum absolute atomic E-state index is 0.117. The molecule has 0 fully saturated rings. The van der Waals surface area contributed by atoms with Crippen LogP contribution in [0.4, 0.5) is 0 Å². The third-order valence-electron chi connectivity index (χ3n) is 6.51. The Balaban J connectivity index is 0. The summed E-state index contributed by atoms with van der Waals surface area (Å²) in [4.78, 5) is 31.0. The van der Waals surface area contributed by atoms with E-state index in [2.05, 4.69) is 6.92 Å². The highest BCUT2D eigenvalue weighted by molar-refractivity contribution is 5.89. The summed E-state index contributed by atoms with van der Waals surface area (Å²) in [5, 5.41) is 63.1. The van der Waals surface area contributed by atoms with Gasteiger partial charge in [0.05, 0.1) is 30.8 Å². The number of carboxylic acids is 3. The fraction of sp³-hybridized carbons (Fsp3) is 0.821. The summed E-state index contributed by atoms with van der Waals surface area (Å²) in [6.07, 6.45) is 16.0. The summed E-state index contributed by atoms with van der Waals surface area (Å²) >= 11 is 0. The predicted octanol–water partition coefficient (Wildman–Crippen LogP) is 4.13. The SMILES string of the molecule is CCCCCCCCCCCCCCCCC(CC(O)CO)(CC(O)CO)C(=O)O.O=C(O)/C=C\C(=O)O. The van der Waals surface area contributed by atoms with Crippen molar-refractivity contribution >= 4 is 17.9 Å². The molecule has 224 valence electrons. The molecule has 2 atom stereocenters. The van der Waals surface area contributed by atoms with Crippen LogP contribution in [0.1, 0.15) is 116 Å². The Kier molecular flexibility index (Phi) is 25.4. The van der Waals surface area contributed by atoms with Crippen molar-refractivity contribution in [2.45, 2.75) is 128 Å². The van der Waals surface area contributed by atoms with Gasteiger partial charge < -0.3 is 35.7 Å². The van der Waals surface area contributed by atoms with Crippen molar-refractivity contribution < 1.29 is 50.1 Å². The van der Waals surface area contributed by atoms with Crippen LogP contribution in [0.15, 0.2) is 12.2 Å². The van der Waals surface area contributed by atoms with Crippen LogP contribution in [-0.4, -0.2) is 79.1 Å². The van der Waals surface area contributed by atoms with E-state index in [0.717, 1.165) is 19.3 Å². The van der Waals surface area contributed by atoms with Crippen molar-refractivity contribution in [2.75, 3.05) is 13.2 Å². The molecule has 0 aliphatic rings. The lowest BCUT2D eigenvalue weighted by Crippen LogP contribution is -2.39. The van der Waals surface area contributed by atoms with E-state index in [1.54, 1.807) is 0 Å². The molecule has 10 nitrogen and oxygen atoms in total. The van der Waals surface area contributed by atoms with E-state index in [-0.39, 0.29) is 12.8 Å². The normalized spacial score (nSPS) is 14.3. The highest BCUT2D eigenvalue weighted by atomic mass is 16.4. The van der Waals surface area contributed by atoms with Gasteiger partial charge in [0.25, 0.3) is 0 Å². The Hall–Kier alpha value is -2.01. The molecular weight excluding hydrogens is 496 g/mol. The molecule has 10 heteroatoms. The number of rotatable bonds is 24. The lowest BCUT2D eigenvalue weighted by atomic mass is 9.73. The van der Waals surface area contributed by atoms with Gasteiger partial charge in [-0.2, -0.15) is 0 Å². The topological polar surface area (TPSA) is 193 Å². The van der Waals surface area contributed by atoms with E-state index in [1.807, 2.05) is 0 Å². The molecule has 0 aromatic carbocycles. The molecule has 0 amide bonds. The number of hydrogen-bond donors (Lipinski definition) is 7. The van der Waals surface area contributed by atoms with Gasteiger partial charge in [-0.3, -0.25) is 4.79 Å². The van der Waals surface area contributed by atoms with E-state index < -0.39 is 48.7 Å². The first-order chi connectivity index (χ1) is 18.0. The molecule has 0 aromatic rings. The second kappa shape index (κ2) is 25.3. The van der Waals surface area contributed by atoms with Crippen LogP contribution in [0.2, 0.25) is 0 Å². The minimum atomic E-state index is -1.32. The van der Waals surface area contributed by atoms with E-state index in [1.165, 1.54) is 64.2 Å². The number of carbonyl (C=O) groups is 3. The summed E-state index contributed by atoms with van der Waals surface area (Å²) in [6, 6.07) is 0. The van der Waals surface area contributed by atoms with Crippen LogP contribution in [-0.2, 0) is 14.4 Å². The first-order valence-corrected chi connectivity index (χ1v) is 14.0. The molecule has 0 heterocycles. The highest BCUT2D eigenvalue weighted by Gasteiger charge is 2.41. The second-order valence-electron chi connectivity index (χ2n) is 10.0. The van der Waals surface area contributed by atoms with Gasteiger partial charge in [-0.15, -0.1) is 0 Å². The molecule has 0 aromatic heterocycles. The quantitative estimate of drug-likeness (QED) is 0.0681. The molecule has 0 spiro atoms. The number of aliphatic hydroxyl groups excluding tert-OH is 4. The molecule has 0 saturated carbocycles. The smallest absolute Gasteiger partial charge is 0.328 e. The first-order valence-electron chi connectivity index (χ1n) is 14.0. The zero-order chi connectivity index (χ0) is 29.2. The van der Waals surface area contributed by atoms with Crippen LogP contribution in [0.25, 0.3) is 0 Å². The van der Waals surface area contributed by atoms with Crippen LogP contribution >= 0.6 is 0 Å². The molecule has 0 rings (SSSR count). The molecule has 0 bridgehead atoms. The van der Waals surface area contributed by atoms with Crippen LogP contribution in [0.3, 0.4) is 0 Å². The summed E-state index contributed by atoms with van der Waals surface area (Å²) in [5.41, 5.74) is -1.32. The number of aliphatic hydroxyl groups is 4. The summed E-state index contributed by atoms with van der Waals surface area (Å²) < 4.78 is 0. The monoisotopic (exact) mass is 548 g/mol. The minimum Gasteiger partial charge on any atom is -0.481 e.